The van der Waals surface area contributed by atoms with Gasteiger partial charge in [-0.15, -0.1) is 5.10 Å². The number of amides is 1. The first kappa shape index (κ1) is 19.2. The summed E-state index contributed by atoms with van der Waals surface area (Å²) in [7, 11) is 0. The minimum Gasteiger partial charge on any atom is -0.366 e. The van der Waals surface area contributed by atoms with E-state index in [0.717, 1.165) is 16.5 Å². The summed E-state index contributed by atoms with van der Waals surface area (Å²) in [4.78, 5) is 33.6. The Bertz CT molecular complexity index is 1350. The number of rotatable bonds is 3. The fourth-order valence-electron chi connectivity index (χ4n) is 4.07. The highest BCUT2D eigenvalue weighted by Crippen LogP contribution is 2.21. The Hall–Kier alpha value is -3.75. The summed E-state index contributed by atoms with van der Waals surface area (Å²) in [6.07, 6.45) is 1.45. The highest BCUT2D eigenvalue weighted by atomic mass is 19.1. The monoisotopic (exact) mass is 420 g/mol. The van der Waals surface area contributed by atoms with E-state index >= 15 is 0 Å². The highest BCUT2D eigenvalue weighted by molar-refractivity contribution is 5.92. The van der Waals surface area contributed by atoms with Gasteiger partial charge in [-0.1, -0.05) is 24.3 Å². The molecule has 1 amide bonds. The van der Waals surface area contributed by atoms with Crippen molar-refractivity contribution >= 4 is 28.1 Å². The van der Waals surface area contributed by atoms with Crippen molar-refractivity contribution in [1.82, 2.24) is 24.1 Å². The summed E-state index contributed by atoms with van der Waals surface area (Å²) in [5.74, 6) is -0.457. The van der Waals surface area contributed by atoms with E-state index in [4.69, 9.17) is 0 Å². The minimum absolute atomic E-state index is 0.145. The van der Waals surface area contributed by atoms with Crippen LogP contribution in [0.2, 0.25) is 0 Å². The van der Waals surface area contributed by atoms with E-state index < -0.39 is 5.69 Å². The van der Waals surface area contributed by atoms with Crippen molar-refractivity contribution in [2.45, 2.75) is 13.5 Å². The van der Waals surface area contributed by atoms with E-state index in [1.54, 1.807) is 23.1 Å². The Morgan fingerprint density at radius 1 is 1.06 bits per heavy atom. The molecule has 8 nitrogen and oxygen atoms in total. The number of halogens is 1. The van der Waals surface area contributed by atoms with Crippen molar-refractivity contribution in [3.63, 3.8) is 0 Å². The molecule has 4 aromatic rings. The van der Waals surface area contributed by atoms with Gasteiger partial charge >= 0.3 is 5.69 Å². The molecular weight excluding hydrogens is 399 g/mol. The molecule has 0 saturated carbocycles. The number of hydrogen-bond donors (Lipinski definition) is 0. The Morgan fingerprint density at radius 3 is 2.61 bits per heavy atom. The lowest BCUT2D eigenvalue weighted by Crippen LogP contribution is -2.50. The summed E-state index contributed by atoms with van der Waals surface area (Å²) >= 11 is 0. The number of nitrogens with zero attached hydrogens (tertiary/aromatic N) is 6. The SMILES string of the molecule is Cc1cccc2c1ncn1c(=O)n(CC(=O)N3CCN(c4ccccc4F)CC3)nc21. The van der Waals surface area contributed by atoms with Gasteiger partial charge in [0.2, 0.25) is 5.91 Å². The van der Waals surface area contributed by atoms with Crippen LogP contribution >= 0.6 is 0 Å². The van der Waals surface area contributed by atoms with Gasteiger partial charge in [0, 0.05) is 31.6 Å². The predicted octanol–water partition coefficient (Wildman–Crippen LogP) is 1.84. The van der Waals surface area contributed by atoms with Crippen molar-refractivity contribution in [3.8, 4) is 0 Å². The fraction of sp³-hybridized carbons (Fsp3) is 0.273. The molecular formula is C22H21FN6O2. The maximum absolute atomic E-state index is 14.0. The molecule has 1 aliphatic rings. The molecule has 1 fully saturated rings. The van der Waals surface area contributed by atoms with Gasteiger partial charge in [-0.25, -0.2) is 23.3 Å². The molecule has 0 atom stereocenters. The number of aryl methyl sites for hydroxylation is 1. The van der Waals surface area contributed by atoms with Gasteiger partial charge in [-0.05, 0) is 30.7 Å². The third-order valence-electron chi connectivity index (χ3n) is 5.76. The van der Waals surface area contributed by atoms with Crippen LogP contribution in [0.15, 0.2) is 53.6 Å². The number of piperazine rings is 1. The number of carbonyl (C=O) groups excluding carboxylic acids is 1. The van der Waals surface area contributed by atoms with Crippen LogP contribution in [-0.4, -0.2) is 56.2 Å². The molecule has 2 aromatic carbocycles. The number of carbonyl (C=O) groups is 1. The standard InChI is InChI=1S/C22H21FN6O2/c1-15-5-4-6-16-20(15)24-14-28-21(16)25-29(22(28)31)13-19(30)27-11-9-26(10-12-27)18-8-3-2-7-17(18)23/h2-8,14H,9-13H2,1H3. The number of fused-ring (bicyclic) bond motifs is 3. The molecule has 2 aromatic heterocycles. The van der Waals surface area contributed by atoms with Crippen LogP contribution in [0.1, 0.15) is 5.56 Å². The summed E-state index contributed by atoms with van der Waals surface area (Å²) in [5, 5.41) is 5.18. The molecule has 0 radical (unpaired) electrons. The van der Waals surface area contributed by atoms with Crippen molar-refractivity contribution in [2.24, 2.45) is 0 Å². The van der Waals surface area contributed by atoms with Crippen LogP contribution in [0.4, 0.5) is 10.1 Å². The molecule has 9 heteroatoms. The van der Waals surface area contributed by atoms with Gasteiger partial charge in [0.15, 0.2) is 5.65 Å². The second-order valence-electron chi connectivity index (χ2n) is 7.67. The molecule has 0 bridgehead atoms. The molecule has 158 valence electrons. The van der Waals surface area contributed by atoms with E-state index in [9.17, 15) is 14.0 Å². The topological polar surface area (TPSA) is 75.7 Å². The van der Waals surface area contributed by atoms with Crippen molar-refractivity contribution in [3.05, 3.63) is 70.7 Å². The smallest absolute Gasteiger partial charge is 0.352 e. The van der Waals surface area contributed by atoms with Gasteiger partial charge < -0.3 is 9.80 Å². The number of anilines is 1. The first-order chi connectivity index (χ1) is 15.0. The Labute approximate surface area is 177 Å². The molecule has 0 spiro atoms. The lowest BCUT2D eigenvalue weighted by molar-refractivity contribution is -0.132. The third kappa shape index (κ3) is 3.31. The van der Waals surface area contributed by atoms with Gasteiger partial charge in [-0.3, -0.25) is 4.79 Å². The van der Waals surface area contributed by atoms with E-state index in [1.165, 1.54) is 21.5 Å². The molecule has 3 heterocycles. The third-order valence-corrected chi connectivity index (χ3v) is 5.76. The highest BCUT2D eigenvalue weighted by Gasteiger charge is 2.24. The molecule has 0 N–H and O–H groups in total. The molecule has 1 aliphatic heterocycles. The summed E-state index contributed by atoms with van der Waals surface area (Å²) in [6.45, 7) is 3.78. The zero-order valence-electron chi connectivity index (χ0n) is 17.0. The van der Waals surface area contributed by atoms with Gasteiger partial charge in [0.1, 0.15) is 18.7 Å². The zero-order valence-corrected chi connectivity index (χ0v) is 17.0. The maximum atomic E-state index is 14.0. The predicted molar refractivity (Wildman–Crippen MR) is 115 cm³/mol. The van der Waals surface area contributed by atoms with Crippen LogP contribution in [0, 0.1) is 12.7 Å². The summed E-state index contributed by atoms with van der Waals surface area (Å²) in [5.41, 5.74) is 2.40. The molecule has 5 rings (SSSR count). The second kappa shape index (κ2) is 7.50. The van der Waals surface area contributed by atoms with Crippen molar-refractivity contribution in [1.29, 1.82) is 0 Å². The number of hydrogen-bond acceptors (Lipinski definition) is 5. The van der Waals surface area contributed by atoms with Gasteiger partial charge in [0.25, 0.3) is 0 Å². The van der Waals surface area contributed by atoms with Crippen molar-refractivity contribution in [2.75, 3.05) is 31.1 Å². The lowest BCUT2D eigenvalue weighted by atomic mass is 10.1. The summed E-state index contributed by atoms with van der Waals surface area (Å²) in [6, 6.07) is 12.3. The van der Waals surface area contributed by atoms with Crippen LogP contribution < -0.4 is 10.6 Å². The molecule has 1 saturated heterocycles. The summed E-state index contributed by atoms with van der Waals surface area (Å²) < 4.78 is 16.6. The van der Waals surface area contributed by atoms with Crippen LogP contribution in [-0.2, 0) is 11.3 Å². The molecule has 0 aliphatic carbocycles. The number of para-hydroxylation sites is 2. The van der Waals surface area contributed by atoms with Crippen molar-refractivity contribution < 1.29 is 9.18 Å². The van der Waals surface area contributed by atoms with E-state index in [0.29, 0.717) is 37.5 Å². The average molecular weight is 420 g/mol. The molecule has 31 heavy (non-hydrogen) atoms. The fourth-order valence-corrected chi connectivity index (χ4v) is 4.07. The van der Waals surface area contributed by atoms with Crippen LogP contribution in [0.25, 0.3) is 16.6 Å². The first-order valence-electron chi connectivity index (χ1n) is 10.1. The average Bonchev–Trinajstić information content (AvgIpc) is 3.10. The number of benzene rings is 2. The quantitative estimate of drug-likeness (QED) is 0.506. The van der Waals surface area contributed by atoms with Gasteiger partial charge in [0.05, 0.1) is 11.2 Å². The Kier molecular flexibility index (Phi) is 4.65. The minimum atomic E-state index is -0.399. The first-order valence-corrected chi connectivity index (χ1v) is 10.1. The lowest BCUT2D eigenvalue weighted by Gasteiger charge is -2.36. The van der Waals surface area contributed by atoms with E-state index in [2.05, 4.69) is 10.1 Å². The van der Waals surface area contributed by atoms with E-state index in [1.807, 2.05) is 30.0 Å². The van der Waals surface area contributed by atoms with E-state index in [-0.39, 0.29) is 18.3 Å². The van der Waals surface area contributed by atoms with Crippen LogP contribution in [0.3, 0.4) is 0 Å². The Morgan fingerprint density at radius 2 is 1.84 bits per heavy atom. The van der Waals surface area contributed by atoms with Gasteiger partial charge in [-0.2, -0.15) is 0 Å². The second-order valence-corrected chi connectivity index (χ2v) is 7.67. The number of aromatic nitrogens is 4. The molecule has 0 unspecified atom stereocenters. The normalized spacial score (nSPS) is 14.5. The largest absolute Gasteiger partial charge is 0.366 e. The Balaban J connectivity index is 1.35. The van der Waals surface area contributed by atoms with Crippen LogP contribution in [0.5, 0.6) is 0 Å². The maximum Gasteiger partial charge on any atom is 0.352 e. The zero-order chi connectivity index (χ0) is 21.5.